The molecule has 0 amide bonds. The summed E-state index contributed by atoms with van der Waals surface area (Å²) in [5.74, 6) is 2.09. The van der Waals surface area contributed by atoms with Gasteiger partial charge in [0.2, 0.25) is 0 Å². The third-order valence-electron chi connectivity index (χ3n) is 6.29. The highest BCUT2D eigenvalue weighted by molar-refractivity contribution is 5.44. The number of nitrogens with zero attached hydrogens (tertiary/aromatic N) is 2. The molecule has 1 aromatic carbocycles. The van der Waals surface area contributed by atoms with Gasteiger partial charge >= 0.3 is 0 Å². The molecule has 2 aromatic rings. The third-order valence-corrected chi connectivity index (χ3v) is 6.29. The van der Waals surface area contributed by atoms with Crippen LogP contribution in [0.25, 0.3) is 0 Å². The van der Waals surface area contributed by atoms with Crippen LogP contribution in [-0.2, 0) is 12.1 Å². The number of methoxy groups -OCH3 is 2. The number of hydrogen-bond acceptors (Lipinski definition) is 5. The van der Waals surface area contributed by atoms with Crippen molar-refractivity contribution < 1.29 is 14.6 Å². The molecule has 5 heteroatoms. The number of benzene rings is 1. The first-order chi connectivity index (χ1) is 13.2. The fourth-order valence-corrected chi connectivity index (χ4v) is 5.00. The molecule has 2 bridgehead atoms. The minimum Gasteiger partial charge on any atom is -0.496 e. The normalized spacial score (nSPS) is 28.0. The fraction of sp³-hybridized carbons (Fsp3) is 0.500. The predicted octanol–water partition coefficient (Wildman–Crippen LogP) is 3.22. The highest BCUT2D eigenvalue weighted by Gasteiger charge is 2.52. The van der Waals surface area contributed by atoms with E-state index >= 15 is 0 Å². The lowest BCUT2D eigenvalue weighted by Gasteiger charge is -2.52. The molecule has 2 fully saturated rings. The van der Waals surface area contributed by atoms with Gasteiger partial charge in [0, 0.05) is 37.7 Å². The summed E-state index contributed by atoms with van der Waals surface area (Å²) >= 11 is 0. The van der Waals surface area contributed by atoms with Crippen molar-refractivity contribution in [2.75, 3.05) is 27.3 Å². The van der Waals surface area contributed by atoms with Crippen LogP contribution in [-0.4, -0.2) is 42.3 Å². The van der Waals surface area contributed by atoms with Gasteiger partial charge in [-0.3, -0.25) is 9.88 Å². The van der Waals surface area contributed by atoms with Crippen molar-refractivity contribution in [1.82, 2.24) is 9.88 Å². The second-order valence-corrected chi connectivity index (χ2v) is 7.70. The molecule has 2 aliphatic rings. The Kier molecular flexibility index (Phi) is 5.06. The van der Waals surface area contributed by atoms with Crippen LogP contribution >= 0.6 is 0 Å². The largest absolute Gasteiger partial charge is 0.496 e. The van der Waals surface area contributed by atoms with Crippen LogP contribution in [0.15, 0.2) is 42.6 Å². The van der Waals surface area contributed by atoms with E-state index in [-0.39, 0.29) is 11.8 Å². The molecule has 1 N–H and O–H groups in total. The molecule has 1 aromatic heterocycles. The van der Waals surface area contributed by atoms with Gasteiger partial charge in [-0.05, 0) is 37.1 Å². The van der Waals surface area contributed by atoms with Crippen molar-refractivity contribution in [2.24, 2.45) is 11.8 Å². The molecule has 2 heterocycles. The van der Waals surface area contributed by atoms with E-state index in [1.54, 1.807) is 20.4 Å². The number of rotatable bonds is 5. The standard InChI is InChI=1S/C22H28N2O3/c1-26-19-9-6-10-20(27-2)18(19)15-24-13-16-7-5-8-17(14-24)22(16,25)21-11-3-4-12-23-21/h3-4,6,9-12,16-17,25H,5,7-8,13-15H2,1-2H3/t16-,17+,22?. The predicted molar refractivity (Wildman–Crippen MR) is 104 cm³/mol. The first-order valence-corrected chi connectivity index (χ1v) is 9.73. The summed E-state index contributed by atoms with van der Waals surface area (Å²) in [6, 6.07) is 11.8. The zero-order valence-corrected chi connectivity index (χ0v) is 16.1. The molecule has 1 saturated heterocycles. The van der Waals surface area contributed by atoms with E-state index in [0.29, 0.717) is 0 Å². The number of hydrogen-bond donors (Lipinski definition) is 1. The van der Waals surface area contributed by atoms with Gasteiger partial charge in [0.25, 0.3) is 0 Å². The topological polar surface area (TPSA) is 54.8 Å². The van der Waals surface area contributed by atoms with Gasteiger partial charge in [-0.25, -0.2) is 0 Å². The van der Waals surface area contributed by atoms with Crippen LogP contribution in [0.3, 0.4) is 0 Å². The molecule has 144 valence electrons. The van der Waals surface area contributed by atoms with E-state index in [4.69, 9.17) is 9.47 Å². The van der Waals surface area contributed by atoms with Crippen LogP contribution in [0, 0.1) is 11.8 Å². The molecule has 27 heavy (non-hydrogen) atoms. The SMILES string of the molecule is COc1cccc(OC)c1CN1C[C@H]2CCC[C@@H](C1)C2(O)c1ccccn1. The quantitative estimate of drug-likeness (QED) is 0.878. The van der Waals surface area contributed by atoms with Crippen LogP contribution < -0.4 is 9.47 Å². The molecule has 1 aliphatic heterocycles. The maximum atomic E-state index is 11.7. The van der Waals surface area contributed by atoms with E-state index in [9.17, 15) is 5.11 Å². The summed E-state index contributed by atoms with van der Waals surface area (Å²) in [6.45, 7) is 2.47. The van der Waals surface area contributed by atoms with Gasteiger partial charge in [-0.15, -0.1) is 0 Å². The summed E-state index contributed by atoms with van der Waals surface area (Å²) < 4.78 is 11.1. The first kappa shape index (κ1) is 18.3. The average Bonchev–Trinajstić information content (AvgIpc) is 2.69. The Balaban J connectivity index is 1.60. The van der Waals surface area contributed by atoms with Crippen molar-refractivity contribution in [1.29, 1.82) is 0 Å². The number of aliphatic hydroxyl groups is 1. The smallest absolute Gasteiger partial charge is 0.127 e. The Bertz CT molecular complexity index is 744. The molecule has 3 atom stereocenters. The van der Waals surface area contributed by atoms with Crippen LogP contribution in [0.1, 0.15) is 30.5 Å². The molecule has 4 rings (SSSR count). The Morgan fingerprint density at radius 1 is 1.04 bits per heavy atom. The van der Waals surface area contributed by atoms with E-state index in [1.807, 2.05) is 36.4 Å². The minimum absolute atomic E-state index is 0.195. The summed E-state index contributed by atoms with van der Waals surface area (Å²) in [4.78, 5) is 6.95. The van der Waals surface area contributed by atoms with Crippen LogP contribution in [0.4, 0.5) is 0 Å². The van der Waals surface area contributed by atoms with Crippen molar-refractivity contribution >= 4 is 0 Å². The molecular formula is C22H28N2O3. The minimum atomic E-state index is -0.819. The molecule has 0 spiro atoms. The number of pyridine rings is 1. The van der Waals surface area contributed by atoms with E-state index in [1.165, 1.54) is 6.42 Å². The van der Waals surface area contributed by atoms with Gasteiger partial charge in [-0.2, -0.15) is 0 Å². The van der Waals surface area contributed by atoms with Gasteiger partial charge in [0.1, 0.15) is 17.1 Å². The highest BCUT2D eigenvalue weighted by atomic mass is 16.5. The van der Waals surface area contributed by atoms with Gasteiger partial charge in [0.15, 0.2) is 0 Å². The van der Waals surface area contributed by atoms with Gasteiger partial charge in [0.05, 0.1) is 25.5 Å². The Morgan fingerprint density at radius 2 is 1.70 bits per heavy atom. The summed E-state index contributed by atoms with van der Waals surface area (Å²) in [5, 5.41) is 11.7. The molecule has 1 aliphatic carbocycles. The Hall–Kier alpha value is -2.11. The number of fused-ring (bicyclic) bond motifs is 2. The Morgan fingerprint density at radius 3 is 2.26 bits per heavy atom. The molecule has 1 saturated carbocycles. The molecule has 0 radical (unpaired) electrons. The number of piperidine rings is 1. The van der Waals surface area contributed by atoms with Crippen molar-refractivity contribution in [3.8, 4) is 11.5 Å². The van der Waals surface area contributed by atoms with Gasteiger partial charge < -0.3 is 14.6 Å². The highest BCUT2D eigenvalue weighted by Crippen LogP contribution is 2.49. The lowest BCUT2D eigenvalue weighted by Crippen LogP contribution is -2.58. The zero-order valence-electron chi connectivity index (χ0n) is 16.1. The van der Waals surface area contributed by atoms with E-state index in [0.717, 1.165) is 55.2 Å². The lowest BCUT2D eigenvalue weighted by molar-refractivity contribution is -0.151. The van der Waals surface area contributed by atoms with Crippen molar-refractivity contribution in [3.63, 3.8) is 0 Å². The van der Waals surface area contributed by atoms with Crippen molar-refractivity contribution in [2.45, 2.75) is 31.4 Å². The molecule has 1 unspecified atom stereocenters. The van der Waals surface area contributed by atoms with Gasteiger partial charge in [-0.1, -0.05) is 18.6 Å². The maximum Gasteiger partial charge on any atom is 0.127 e. The second-order valence-electron chi connectivity index (χ2n) is 7.70. The molecule has 5 nitrogen and oxygen atoms in total. The zero-order chi connectivity index (χ0) is 18.9. The third kappa shape index (κ3) is 3.19. The summed E-state index contributed by atoms with van der Waals surface area (Å²) in [7, 11) is 3.39. The van der Waals surface area contributed by atoms with Crippen LogP contribution in [0.5, 0.6) is 11.5 Å². The first-order valence-electron chi connectivity index (χ1n) is 9.73. The number of ether oxygens (including phenoxy) is 2. The number of aromatic nitrogens is 1. The van der Waals surface area contributed by atoms with Crippen LogP contribution in [0.2, 0.25) is 0 Å². The second kappa shape index (κ2) is 7.49. The molecular weight excluding hydrogens is 340 g/mol. The summed E-state index contributed by atoms with van der Waals surface area (Å²) in [5.41, 5.74) is 1.08. The fourth-order valence-electron chi connectivity index (χ4n) is 5.00. The van der Waals surface area contributed by atoms with E-state index in [2.05, 4.69) is 9.88 Å². The number of likely N-dealkylation sites (tertiary alicyclic amines) is 1. The lowest BCUT2D eigenvalue weighted by atomic mass is 9.64. The monoisotopic (exact) mass is 368 g/mol. The van der Waals surface area contributed by atoms with E-state index < -0.39 is 5.60 Å². The summed E-state index contributed by atoms with van der Waals surface area (Å²) in [6.07, 6.45) is 5.03. The average molecular weight is 368 g/mol. The Labute approximate surface area is 160 Å². The maximum absolute atomic E-state index is 11.7. The van der Waals surface area contributed by atoms with Crippen molar-refractivity contribution in [3.05, 3.63) is 53.9 Å².